The fourth-order valence-electron chi connectivity index (χ4n) is 3.68. The third kappa shape index (κ3) is 5.32. The maximum absolute atomic E-state index is 13.2. The van der Waals surface area contributed by atoms with Gasteiger partial charge in [-0.2, -0.15) is 4.31 Å². The monoisotopic (exact) mass is 444 g/mol. The number of carbonyl (C=O) groups is 2. The highest BCUT2D eigenvalue weighted by atomic mass is 32.2. The van der Waals surface area contributed by atoms with Crippen molar-refractivity contribution < 1.29 is 22.7 Å². The smallest absolute Gasteiger partial charge is 0.243 e. The number of amides is 1. The van der Waals surface area contributed by atoms with Crippen LogP contribution in [0.5, 0.6) is 5.75 Å². The number of nitrogens with zero attached hydrogens (tertiary/aromatic N) is 1. The van der Waals surface area contributed by atoms with Crippen molar-refractivity contribution in [1.82, 2.24) is 4.31 Å². The highest BCUT2D eigenvalue weighted by Crippen LogP contribution is 2.28. The number of rotatable bonds is 7. The molecule has 7 nitrogen and oxygen atoms in total. The van der Waals surface area contributed by atoms with Gasteiger partial charge in [-0.25, -0.2) is 8.42 Å². The van der Waals surface area contributed by atoms with Crippen LogP contribution in [0.15, 0.2) is 47.4 Å². The molecule has 0 aliphatic carbocycles. The van der Waals surface area contributed by atoms with Crippen molar-refractivity contribution in [1.29, 1.82) is 0 Å². The quantitative estimate of drug-likeness (QED) is 0.658. The first-order chi connectivity index (χ1) is 14.7. The number of hydrogen-bond donors (Lipinski definition) is 1. The Bertz CT molecular complexity index is 1080. The Hall–Kier alpha value is -2.71. The Morgan fingerprint density at radius 1 is 1.19 bits per heavy atom. The van der Waals surface area contributed by atoms with E-state index in [1.54, 1.807) is 42.5 Å². The number of anilines is 1. The highest BCUT2D eigenvalue weighted by Gasteiger charge is 2.33. The molecule has 0 spiro atoms. The van der Waals surface area contributed by atoms with Crippen LogP contribution in [-0.4, -0.2) is 44.1 Å². The molecule has 3 rings (SSSR count). The lowest BCUT2D eigenvalue weighted by Gasteiger charge is -2.31. The van der Waals surface area contributed by atoms with E-state index in [0.717, 1.165) is 5.56 Å². The molecular weight excluding hydrogens is 416 g/mol. The second-order valence-electron chi connectivity index (χ2n) is 7.69. The molecule has 0 unspecified atom stereocenters. The first kappa shape index (κ1) is 23.0. The molecule has 1 aliphatic rings. The van der Waals surface area contributed by atoms with Crippen molar-refractivity contribution in [2.45, 2.75) is 38.5 Å². The zero-order chi connectivity index (χ0) is 22.6. The van der Waals surface area contributed by atoms with E-state index in [1.807, 2.05) is 13.8 Å². The lowest BCUT2D eigenvalue weighted by Crippen LogP contribution is -2.43. The zero-order valence-corrected chi connectivity index (χ0v) is 18.9. The topological polar surface area (TPSA) is 92.8 Å². The average molecular weight is 445 g/mol. The first-order valence-corrected chi connectivity index (χ1v) is 11.8. The molecule has 1 N–H and O–H groups in total. The Kier molecular flexibility index (Phi) is 7.12. The van der Waals surface area contributed by atoms with Crippen LogP contribution >= 0.6 is 0 Å². The number of aryl methyl sites for hydroxylation is 1. The molecule has 1 atom stereocenters. The molecule has 1 amide bonds. The molecule has 2 aromatic rings. The largest absolute Gasteiger partial charge is 0.494 e. The number of ketones is 1. The van der Waals surface area contributed by atoms with E-state index in [9.17, 15) is 18.0 Å². The molecule has 1 heterocycles. The molecule has 2 aromatic carbocycles. The Labute approximate surface area is 183 Å². The second kappa shape index (κ2) is 9.62. The number of hydrogen-bond acceptors (Lipinski definition) is 5. The summed E-state index contributed by atoms with van der Waals surface area (Å²) in [6, 6.07) is 11.6. The summed E-state index contributed by atoms with van der Waals surface area (Å²) < 4.78 is 33.2. The van der Waals surface area contributed by atoms with Crippen LogP contribution in [0.25, 0.3) is 0 Å². The van der Waals surface area contributed by atoms with Gasteiger partial charge in [0.15, 0.2) is 5.78 Å². The standard InChI is InChI=1S/C23H28N2O5S/c1-4-30-22-11-10-21(13-16(22)2)31(28,29)25-12-6-8-19(15-25)23(27)24-20-9-5-7-18(14-20)17(3)26/h5,7,9-11,13-14,19H,4,6,8,12,15H2,1-3H3,(H,24,27)/t19-/m0/s1. The van der Waals surface area contributed by atoms with Gasteiger partial charge in [0.1, 0.15) is 5.75 Å². The summed E-state index contributed by atoms with van der Waals surface area (Å²) in [5.41, 5.74) is 1.79. The van der Waals surface area contributed by atoms with E-state index in [1.165, 1.54) is 11.2 Å². The average Bonchev–Trinajstić information content (AvgIpc) is 2.75. The van der Waals surface area contributed by atoms with Gasteiger partial charge in [-0.1, -0.05) is 12.1 Å². The van der Waals surface area contributed by atoms with Crippen LogP contribution in [0.3, 0.4) is 0 Å². The predicted octanol–water partition coefficient (Wildman–Crippen LogP) is 3.64. The van der Waals surface area contributed by atoms with Crippen LogP contribution in [0.2, 0.25) is 0 Å². The fraction of sp³-hybridized carbons (Fsp3) is 0.391. The van der Waals surface area contributed by atoms with Crippen molar-refractivity contribution in [3.8, 4) is 5.75 Å². The molecule has 0 saturated carbocycles. The van der Waals surface area contributed by atoms with E-state index in [-0.39, 0.29) is 23.1 Å². The third-order valence-electron chi connectivity index (χ3n) is 5.38. The summed E-state index contributed by atoms with van der Waals surface area (Å²) in [4.78, 5) is 24.6. The summed E-state index contributed by atoms with van der Waals surface area (Å²) in [6.45, 7) is 6.15. The van der Waals surface area contributed by atoms with Crippen molar-refractivity contribution >= 4 is 27.4 Å². The first-order valence-electron chi connectivity index (χ1n) is 10.4. The van der Waals surface area contributed by atoms with E-state index in [2.05, 4.69) is 5.32 Å². The van der Waals surface area contributed by atoms with E-state index >= 15 is 0 Å². The lowest BCUT2D eigenvalue weighted by atomic mass is 9.98. The van der Waals surface area contributed by atoms with Crippen molar-refractivity contribution in [2.24, 2.45) is 5.92 Å². The van der Waals surface area contributed by atoms with Gasteiger partial charge >= 0.3 is 0 Å². The Morgan fingerprint density at radius 2 is 1.97 bits per heavy atom. The summed E-state index contributed by atoms with van der Waals surface area (Å²) in [7, 11) is -3.72. The molecule has 1 saturated heterocycles. The highest BCUT2D eigenvalue weighted by molar-refractivity contribution is 7.89. The molecule has 0 aromatic heterocycles. The summed E-state index contributed by atoms with van der Waals surface area (Å²) >= 11 is 0. The molecule has 31 heavy (non-hydrogen) atoms. The van der Waals surface area contributed by atoms with Crippen LogP contribution in [0.1, 0.15) is 42.6 Å². The number of benzene rings is 2. The van der Waals surface area contributed by atoms with Crippen molar-refractivity contribution in [3.05, 3.63) is 53.6 Å². The molecule has 0 bridgehead atoms. The predicted molar refractivity (Wildman–Crippen MR) is 119 cm³/mol. The van der Waals surface area contributed by atoms with Crippen LogP contribution in [0, 0.1) is 12.8 Å². The minimum Gasteiger partial charge on any atom is -0.494 e. The number of sulfonamides is 1. The van der Waals surface area contributed by atoms with E-state index in [0.29, 0.717) is 43.0 Å². The number of Topliss-reactive ketones (excluding diaryl/α,β-unsaturated/α-hetero) is 1. The number of carbonyl (C=O) groups excluding carboxylic acids is 2. The van der Waals surface area contributed by atoms with Crippen molar-refractivity contribution in [3.63, 3.8) is 0 Å². The number of ether oxygens (including phenoxy) is 1. The van der Waals surface area contributed by atoms with Gasteiger partial charge in [-0.3, -0.25) is 9.59 Å². The van der Waals surface area contributed by atoms with Crippen LogP contribution < -0.4 is 10.1 Å². The zero-order valence-electron chi connectivity index (χ0n) is 18.1. The number of nitrogens with one attached hydrogen (secondary N) is 1. The second-order valence-corrected chi connectivity index (χ2v) is 9.63. The normalized spacial score (nSPS) is 17.2. The molecule has 1 fully saturated rings. The summed E-state index contributed by atoms with van der Waals surface area (Å²) in [5.74, 6) is -0.140. The SMILES string of the molecule is CCOc1ccc(S(=O)(=O)N2CCC[C@H](C(=O)Nc3cccc(C(C)=O)c3)C2)cc1C. The van der Waals surface area contributed by atoms with Gasteiger partial charge in [0.05, 0.1) is 17.4 Å². The Balaban J connectivity index is 1.73. The molecular formula is C23H28N2O5S. The molecule has 166 valence electrons. The van der Waals surface area contributed by atoms with Gasteiger partial charge in [0.25, 0.3) is 0 Å². The van der Waals surface area contributed by atoms with E-state index in [4.69, 9.17) is 4.74 Å². The van der Waals surface area contributed by atoms with Gasteiger partial charge in [0, 0.05) is 24.3 Å². The van der Waals surface area contributed by atoms with Gasteiger partial charge in [0.2, 0.25) is 15.9 Å². The van der Waals surface area contributed by atoms with Crippen LogP contribution in [-0.2, 0) is 14.8 Å². The Morgan fingerprint density at radius 3 is 2.65 bits per heavy atom. The third-order valence-corrected chi connectivity index (χ3v) is 7.24. The lowest BCUT2D eigenvalue weighted by molar-refractivity contribution is -0.120. The number of piperidine rings is 1. The van der Waals surface area contributed by atoms with Gasteiger partial charge in [-0.15, -0.1) is 0 Å². The molecule has 1 aliphatic heterocycles. The minimum atomic E-state index is -3.72. The molecule has 8 heteroatoms. The van der Waals surface area contributed by atoms with Gasteiger partial charge in [-0.05, 0) is 69.5 Å². The van der Waals surface area contributed by atoms with Gasteiger partial charge < -0.3 is 10.1 Å². The summed E-state index contributed by atoms with van der Waals surface area (Å²) in [6.07, 6.45) is 1.20. The molecule has 0 radical (unpaired) electrons. The van der Waals surface area contributed by atoms with E-state index < -0.39 is 15.9 Å². The summed E-state index contributed by atoms with van der Waals surface area (Å²) in [5, 5.41) is 2.82. The van der Waals surface area contributed by atoms with Crippen LogP contribution in [0.4, 0.5) is 5.69 Å². The van der Waals surface area contributed by atoms with Crippen molar-refractivity contribution in [2.75, 3.05) is 25.0 Å². The maximum Gasteiger partial charge on any atom is 0.243 e. The minimum absolute atomic E-state index is 0.0864. The fourth-order valence-corrected chi connectivity index (χ4v) is 5.29. The maximum atomic E-state index is 13.2.